The van der Waals surface area contributed by atoms with E-state index in [9.17, 15) is 9.50 Å². The number of aromatic hydroxyl groups is 1. The van der Waals surface area contributed by atoms with Gasteiger partial charge in [-0.25, -0.2) is 4.39 Å². The maximum atomic E-state index is 12.7. The first-order valence-corrected chi connectivity index (χ1v) is 4.26. The van der Waals surface area contributed by atoms with Crippen molar-refractivity contribution in [3.05, 3.63) is 22.4 Å². The minimum atomic E-state index is -0.679. The van der Waals surface area contributed by atoms with Crippen LogP contribution in [-0.4, -0.2) is 11.7 Å². The lowest BCUT2D eigenvalue weighted by atomic mass is 10.3. The van der Waals surface area contributed by atoms with Gasteiger partial charge in [-0.2, -0.15) is 0 Å². The third-order valence-corrected chi connectivity index (χ3v) is 1.95. The SMILES string of the molecule is CCOc1c(Br)ccc(F)c1O. The summed E-state index contributed by atoms with van der Waals surface area (Å²) in [4.78, 5) is 0. The van der Waals surface area contributed by atoms with Crippen molar-refractivity contribution in [2.45, 2.75) is 6.92 Å². The molecule has 0 aliphatic rings. The van der Waals surface area contributed by atoms with Crippen molar-refractivity contribution in [2.75, 3.05) is 6.61 Å². The van der Waals surface area contributed by atoms with E-state index in [1.807, 2.05) is 0 Å². The Hall–Kier alpha value is -0.770. The Balaban J connectivity index is 3.14. The Kier molecular flexibility index (Phi) is 2.92. The molecule has 2 nitrogen and oxygen atoms in total. The normalized spacial score (nSPS) is 9.92. The van der Waals surface area contributed by atoms with E-state index in [0.717, 1.165) is 0 Å². The number of halogens is 2. The van der Waals surface area contributed by atoms with Gasteiger partial charge in [0.15, 0.2) is 17.3 Å². The minimum absolute atomic E-state index is 0.150. The molecule has 66 valence electrons. The van der Waals surface area contributed by atoms with Crippen molar-refractivity contribution < 1.29 is 14.2 Å². The van der Waals surface area contributed by atoms with Gasteiger partial charge in [0.25, 0.3) is 0 Å². The van der Waals surface area contributed by atoms with Crippen LogP contribution in [0.2, 0.25) is 0 Å². The average Bonchev–Trinajstić information content (AvgIpc) is 2.06. The molecule has 0 saturated carbocycles. The molecule has 1 aromatic rings. The minimum Gasteiger partial charge on any atom is -0.502 e. The highest BCUT2D eigenvalue weighted by Gasteiger charge is 2.11. The van der Waals surface area contributed by atoms with Crippen LogP contribution in [0.25, 0.3) is 0 Å². The predicted octanol–water partition coefficient (Wildman–Crippen LogP) is 2.69. The van der Waals surface area contributed by atoms with Gasteiger partial charge >= 0.3 is 0 Å². The van der Waals surface area contributed by atoms with Crippen LogP contribution in [0.1, 0.15) is 6.92 Å². The van der Waals surface area contributed by atoms with E-state index in [2.05, 4.69) is 15.9 Å². The monoisotopic (exact) mass is 234 g/mol. The highest BCUT2D eigenvalue weighted by atomic mass is 79.9. The number of phenols is 1. The molecule has 12 heavy (non-hydrogen) atoms. The molecule has 0 aliphatic heterocycles. The van der Waals surface area contributed by atoms with Crippen LogP contribution < -0.4 is 4.74 Å². The largest absolute Gasteiger partial charge is 0.502 e. The fourth-order valence-electron chi connectivity index (χ4n) is 0.804. The maximum absolute atomic E-state index is 12.7. The molecule has 1 N–H and O–H groups in total. The van der Waals surface area contributed by atoms with E-state index < -0.39 is 11.6 Å². The molecule has 0 bridgehead atoms. The number of benzene rings is 1. The molecular formula is C8H8BrFO2. The first kappa shape index (κ1) is 9.32. The quantitative estimate of drug-likeness (QED) is 0.853. The molecule has 0 aromatic heterocycles. The van der Waals surface area contributed by atoms with Gasteiger partial charge in [-0.05, 0) is 35.0 Å². The van der Waals surface area contributed by atoms with Crippen molar-refractivity contribution in [3.63, 3.8) is 0 Å². The summed E-state index contributed by atoms with van der Waals surface area (Å²) in [6.07, 6.45) is 0. The summed E-state index contributed by atoms with van der Waals surface area (Å²) in [7, 11) is 0. The van der Waals surface area contributed by atoms with E-state index in [1.165, 1.54) is 12.1 Å². The summed E-state index contributed by atoms with van der Waals surface area (Å²) < 4.78 is 18.3. The van der Waals surface area contributed by atoms with E-state index in [4.69, 9.17) is 4.74 Å². The van der Waals surface area contributed by atoms with Crippen LogP contribution in [0.15, 0.2) is 16.6 Å². The Morgan fingerprint density at radius 1 is 1.58 bits per heavy atom. The zero-order valence-electron chi connectivity index (χ0n) is 6.47. The maximum Gasteiger partial charge on any atom is 0.195 e. The van der Waals surface area contributed by atoms with Gasteiger partial charge in [0, 0.05) is 0 Å². The van der Waals surface area contributed by atoms with E-state index in [0.29, 0.717) is 11.1 Å². The highest BCUT2D eigenvalue weighted by Crippen LogP contribution is 2.36. The zero-order valence-corrected chi connectivity index (χ0v) is 8.06. The number of ether oxygens (including phenoxy) is 1. The smallest absolute Gasteiger partial charge is 0.195 e. The first-order valence-electron chi connectivity index (χ1n) is 3.46. The summed E-state index contributed by atoms with van der Waals surface area (Å²) in [6.45, 7) is 2.15. The van der Waals surface area contributed by atoms with Gasteiger partial charge in [0.05, 0.1) is 11.1 Å². The van der Waals surface area contributed by atoms with Crippen molar-refractivity contribution in [2.24, 2.45) is 0 Å². The lowest BCUT2D eigenvalue weighted by molar-refractivity contribution is 0.308. The first-order chi connectivity index (χ1) is 5.66. The Morgan fingerprint density at radius 3 is 2.83 bits per heavy atom. The molecule has 1 aromatic carbocycles. The van der Waals surface area contributed by atoms with Crippen molar-refractivity contribution in [3.8, 4) is 11.5 Å². The molecule has 0 radical (unpaired) electrons. The number of rotatable bonds is 2. The van der Waals surface area contributed by atoms with Gasteiger partial charge in [0.1, 0.15) is 0 Å². The van der Waals surface area contributed by atoms with E-state index >= 15 is 0 Å². The lowest BCUT2D eigenvalue weighted by Gasteiger charge is -2.07. The van der Waals surface area contributed by atoms with Gasteiger partial charge in [-0.1, -0.05) is 0 Å². The summed E-state index contributed by atoms with van der Waals surface area (Å²) >= 11 is 3.13. The molecule has 0 saturated heterocycles. The lowest BCUT2D eigenvalue weighted by Crippen LogP contribution is -1.94. The van der Waals surface area contributed by atoms with Crippen LogP contribution in [0.3, 0.4) is 0 Å². The van der Waals surface area contributed by atoms with Crippen LogP contribution in [0.4, 0.5) is 4.39 Å². The van der Waals surface area contributed by atoms with E-state index in [-0.39, 0.29) is 5.75 Å². The Labute approximate surface area is 78.1 Å². The summed E-state index contributed by atoms with van der Waals surface area (Å²) in [6, 6.07) is 2.65. The predicted molar refractivity (Wildman–Crippen MR) is 46.9 cm³/mol. The molecule has 0 amide bonds. The average molecular weight is 235 g/mol. The Bertz CT molecular complexity index is 289. The second-order valence-corrected chi connectivity index (χ2v) is 2.99. The Morgan fingerprint density at radius 2 is 2.25 bits per heavy atom. The molecule has 0 heterocycles. The second kappa shape index (κ2) is 3.76. The van der Waals surface area contributed by atoms with Crippen LogP contribution in [0.5, 0.6) is 11.5 Å². The third-order valence-electron chi connectivity index (χ3n) is 1.32. The molecule has 0 aliphatic carbocycles. The number of hydrogen-bond donors (Lipinski definition) is 1. The second-order valence-electron chi connectivity index (χ2n) is 2.14. The zero-order chi connectivity index (χ0) is 9.14. The summed E-state index contributed by atoms with van der Waals surface area (Å²) in [5.41, 5.74) is 0. The van der Waals surface area contributed by atoms with Crippen LogP contribution in [0, 0.1) is 5.82 Å². The number of phenolic OH excluding ortho intramolecular Hbond substituents is 1. The fraction of sp³-hybridized carbons (Fsp3) is 0.250. The molecule has 4 heteroatoms. The third kappa shape index (κ3) is 1.69. The van der Waals surface area contributed by atoms with Crippen LogP contribution >= 0.6 is 15.9 Å². The van der Waals surface area contributed by atoms with Gasteiger partial charge < -0.3 is 9.84 Å². The standard InChI is InChI=1S/C8H8BrFO2/c1-2-12-8-5(9)3-4-6(10)7(8)11/h3-4,11H,2H2,1H3. The molecule has 0 spiro atoms. The molecule has 0 atom stereocenters. The van der Waals surface area contributed by atoms with Gasteiger partial charge in [-0.15, -0.1) is 0 Å². The molecule has 0 fully saturated rings. The van der Waals surface area contributed by atoms with Crippen molar-refractivity contribution in [1.82, 2.24) is 0 Å². The topological polar surface area (TPSA) is 29.5 Å². The summed E-state index contributed by atoms with van der Waals surface area (Å²) in [5, 5.41) is 9.18. The van der Waals surface area contributed by atoms with E-state index in [1.54, 1.807) is 6.92 Å². The fourth-order valence-corrected chi connectivity index (χ4v) is 1.24. The molecule has 0 unspecified atom stereocenters. The van der Waals surface area contributed by atoms with Gasteiger partial charge in [-0.3, -0.25) is 0 Å². The van der Waals surface area contributed by atoms with Gasteiger partial charge in [0.2, 0.25) is 0 Å². The molecular weight excluding hydrogens is 227 g/mol. The number of hydrogen-bond acceptors (Lipinski definition) is 2. The van der Waals surface area contributed by atoms with Crippen LogP contribution in [-0.2, 0) is 0 Å². The highest BCUT2D eigenvalue weighted by molar-refractivity contribution is 9.10. The summed E-state index contributed by atoms with van der Waals surface area (Å²) in [5.74, 6) is -0.981. The van der Waals surface area contributed by atoms with Crippen molar-refractivity contribution in [1.29, 1.82) is 0 Å². The molecule has 1 rings (SSSR count). The van der Waals surface area contributed by atoms with Crippen molar-refractivity contribution >= 4 is 15.9 Å².